The van der Waals surface area contributed by atoms with Gasteiger partial charge in [0, 0.05) is 40.3 Å². The van der Waals surface area contributed by atoms with Gasteiger partial charge in [0.1, 0.15) is 5.82 Å². The molecule has 0 saturated heterocycles. The van der Waals surface area contributed by atoms with Crippen molar-refractivity contribution in [2.24, 2.45) is 10.9 Å². The number of fused-ring (bicyclic) bond motifs is 1. The lowest BCUT2D eigenvalue weighted by Gasteiger charge is -2.22. The van der Waals surface area contributed by atoms with Crippen LogP contribution in [0, 0.1) is 12.8 Å². The summed E-state index contributed by atoms with van der Waals surface area (Å²) in [6.45, 7) is 6.43. The van der Waals surface area contributed by atoms with Crippen molar-refractivity contribution < 1.29 is 4.74 Å². The maximum absolute atomic E-state index is 5.72. The molecule has 1 saturated carbocycles. The van der Waals surface area contributed by atoms with E-state index in [1.807, 2.05) is 13.1 Å². The fraction of sp³-hybridized carbons (Fsp3) is 0.600. The van der Waals surface area contributed by atoms with E-state index in [4.69, 9.17) is 4.74 Å². The average molecular weight is 358 g/mol. The molecule has 0 amide bonds. The molecule has 0 radical (unpaired) electrons. The number of aliphatic imine (C=N–C) groups is 1. The monoisotopic (exact) mass is 357 g/mol. The number of para-hydroxylation sites is 2. The van der Waals surface area contributed by atoms with Gasteiger partial charge in [-0.1, -0.05) is 12.1 Å². The smallest absolute Gasteiger partial charge is 0.193 e. The van der Waals surface area contributed by atoms with Crippen molar-refractivity contribution >= 4 is 17.0 Å². The summed E-state index contributed by atoms with van der Waals surface area (Å²) in [4.78, 5) is 11.1. The maximum atomic E-state index is 5.72. The topological polar surface area (TPSA) is 54.7 Å². The maximum Gasteiger partial charge on any atom is 0.193 e. The Morgan fingerprint density at radius 3 is 2.96 bits per heavy atom. The van der Waals surface area contributed by atoms with E-state index in [1.54, 1.807) is 0 Å². The Kier molecular flexibility index (Phi) is 6.50. The van der Waals surface area contributed by atoms with E-state index in [1.165, 1.54) is 18.4 Å². The fourth-order valence-electron chi connectivity index (χ4n) is 3.14. The summed E-state index contributed by atoms with van der Waals surface area (Å²) in [5.41, 5.74) is 2.28. The molecule has 2 aromatic rings. The van der Waals surface area contributed by atoms with Crippen LogP contribution in [0.4, 0.5) is 0 Å². The van der Waals surface area contributed by atoms with Gasteiger partial charge in [-0.3, -0.25) is 4.99 Å². The summed E-state index contributed by atoms with van der Waals surface area (Å²) in [7, 11) is 3.89. The van der Waals surface area contributed by atoms with Gasteiger partial charge in [-0.05, 0) is 44.2 Å². The molecule has 26 heavy (non-hydrogen) atoms. The Balaban J connectivity index is 1.40. The molecule has 1 aliphatic carbocycles. The van der Waals surface area contributed by atoms with E-state index in [0.717, 1.165) is 62.5 Å². The molecule has 1 aromatic carbocycles. The van der Waals surface area contributed by atoms with Crippen LogP contribution in [-0.2, 0) is 11.3 Å². The zero-order valence-electron chi connectivity index (χ0n) is 16.2. The highest BCUT2D eigenvalue weighted by atomic mass is 16.5. The second kappa shape index (κ2) is 9.03. The molecule has 1 fully saturated rings. The predicted molar refractivity (Wildman–Crippen MR) is 107 cm³/mol. The predicted octanol–water partition coefficient (Wildman–Crippen LogP) is 2.67. The quantitative estimate of drug-likeness (QED) is 0.426. The molecular weight excluding hydrogens is 326 g/mol. The number of hydrogen-bond donors (Lipinski definition) is 1. The molecule has 1 heterocycles. The minimum absolute atomic E-state index is 0.758. The first-order valence-corrected chi connectivity index (χ1v) is 9.60. The van der Waals surface area contributed by atoms with Crippen LogP contribution in [0.25, 0.3) is 11.0 Å². The first-order chi connectivity index (χ1) is 12.7. The number of aryl methyl sites for hydroxylation is 2. The van der Waals surface area contributed by atoms with Gasteiger partial charge >= 0.3 is 0 Å². The fourth-order valence-corrected chi connectivity index (χ4v) is 3.14. The SMILES string of the molecule is CN=C(NCCCn1c(C)nc2ccccc21)N(C)CCOCC1CC1. The Bertz CT molecular complexity index is 735. The summed E-state index contributed by atoms with van der Waals surface area (Å²) < 4.78 is 8.00. The third-order valence-corrected chi connectivity index (χ3v) is 4.88. The highest BCUT2D eigenvalue weighted by Gasteiger charge is 2.21. The number of benzene rings is 1. The van der Waals surface area contributed by atoms with E-state index < -0.39 is 0 Å². The van der Waals surface area contributed by atoms with Gasteiger partial charge in [0.2, 0.25) is 0 Å². The van der Waals surface area contributed by atoms with Gasteiger partial charge in [0.25, 0.3) is 0 Å². The number of hydrogen-bond acceptors (Lipinski definition) is 3. The van der Waals surface area contributed by atoms with Gasteiger partial charge in [0.15, 0.2) is 5.96 Å². The van der Waals surface area contributed by atoms with E-state index in [0.29, 0.717) is 0 Å². The molecule has 1 N–H and O–H groups in total. The number of ether oxygens (including phenoxy) is 1. The molecule has 0 atom stereocenters. The van der Waals surface area contributed by atoms with Crippen molar-refractivity contribution in [3.8, 4) is 0 Å². The molecule has 0 bridgehead atoms. The summed E-state index contributed by atoms with van der Waals surface area (Å²) >= 11 is 0. The lowest BCUT2D eigenvalue weighted by Crippen LogP contribution is -2.41. The highest BCUT2D eigenvalue weighted by molar-refractivity contribution is 5.79. The zero-order valence-corrected chi connectivity index (χ0v) is 16.2. The summed E-state index contributed by atoms with van der Waals surface area (Å²) in [6.07, 6.45) is 3.70. The van der Waals surface area contributed by atoms with Crippen molar-refractivity contribution in [1.29, 1.82) is 0 Å². The molecule has 0 spiro atoms. The molecular formula is C20H31N5O. The van der Waals surface area contributed by atoms with Crippen molar-refractivity contribution in [3.05, 3.63) is 30.1 Å². The molecule has 0 unspecified atom stereocenters. The minimum Gasteiger partial charge on any atom is -0.379 e. The van der Waals surface area contributed by atoms with Crippen molar-refractivity contribution in [1.82, 2.24) is 19.8 Å². The largest absolute Gasteiger partial charge is 0.379 e. The van der Waals surface area contributed by atoms with Gasteiger partial charge in [-0.2, -0.15) is 0 Å². The lowest BCUT2D eigenvalue weighted by atomic mass is 10.3. The van der Waals surface area contributed by atoms with Crippen LogP contribution in [0.3, 0.4) is 0 Å². The minimum atomic E-state index is 0.758. The van der Waals surface area contributed by atoms with E-state index in [2.05, 4.69) is 56.9 Å². The molecule has 3 rings (SSSR count). The normalized spacial score (nSPS) is 14.8. The van der Waals surface area contributed by atoms with Gasteiger partial charge in [-0.25, -0.2) is 4.98 Å². The summed E-state index contributed by atoms with van der Waals surface area (Å²) in [6, 6.07) is 8.31. The Labute approximate surface area is 156 Å². The van der Waals surface area contributed by atoms with Gasteiger partial charge in [-0.15, -0.1) is 0 Å². The number of guanidine groups is 1. The standard InChI is InChI=1S/C20H31N5O/c1-16-23-18-7-4-5-8-19(18)25(16)12-6-11-22-20(21-2)24(3)13-14-26-15-17-9-10-17/h4-5,7-8,17H,6,9-15H2,1-3H3,(H,21,22). The van der Waals surface area contributed by atoms with Crippen LogP contribution < -0.4 is 5.32 Å². The highest BCUT2D eigenvalue weighted by Crippen LogP contribution is 2.28. The third-order valence-electron chi connectivity index (χ3n) is 4.88. The Hall–Kier alpha value is -2.08. The second-order valence-electron chi connectivity index (χ2n) is 7.07. The second-order valence-corrected chi connectivity index (χ2v) is 7.07. The number of nitrogens with one attached hydrogen (secondary N) is 1. The van der Waals surface area contributed by atoms with Crippen LogP contribution in [0.1, 0.15) is 25.1 Å². The lowest BCUT2D eigenvalue weighted by molar-refractivity contribution is 0.115. The van der Waals surface area contributed by atoms with Crippen molar-refractivity contribution in [3.63, 3.8) is 0 Å². The van der Waals surface area contributed by atoms with E-state index in [9.17, 15) is 0 Å². The molecule has 0 aliphatic heterocycles. The zero-order chi connectivity index (χ0) is 18.4. The first kappa shape index (κ1) is 18.7. The number of nitrogens with zero attached hydrogens (tertiary/aromatic N) is 4. The van der Waals surface area contributed by atoms with E-state index in [-0.39, 0.29) is 0 Å². The average Bonchev–Trinajstić information content (AvgIpc) is 3.41. The van der Waals surface area contributed by atoms with E-state index >= 15 is 0 Å². The Morgan fingerprint density at radius 2 is 2.19 bits per heavy atom. The molecule has 6 heteroatoms. The third kappa shape index (κ3) is 4.97. The van der Waals surface area contributed by atoms with Crippen LogP contribution in [0.5, 0.6) is 0 Å². The molecule has 6 nitrogen and oxygen atoms in total. The number of rotatable bonds is 9. The number of likely N-dealkylation sites (N-methyl/N-ethyl adjacent to an activating group) is 1. The Morgan fingerprint density at radius 1 is 1.38 bits per heavy atom. The van der Waals surface area contributed by atoms with Crippen LogP contribution in [0.2, 0.25) is 0 Å². The molecule has 142 valence electrons. The summed E-state index contributed by atoms with van der Waals surface area (Å²) in [5, 5.41) is 3.45. The van der Waals surface area contributed by atoms with Crippen LogP contribution >= 0.6 is 0 Å². The van der Waals surface area contributed by atoms with Crippen LogP contribution in [-0.4, -0.2) is 60.8 Å². The molecule has 1 aromatic heterocycles. The first-order valence-electron chi connectivity index (χ1n) is 9.60. The van der Waals surface area contributed by atoms with Gasteiger partial charge in [0.05, 0.1) is 17.6 Å². The number of aromatic nitrogens is 2. The van der Waals surface area contributed by atoms with Crippen molar-refractivity contribution in [2.45, 2.75) is 32.7 Å². The summed E-state index contributed by atoms with van der Waals surface area (Å²) in [5.74, 6) is 2.81. The van der Waals surface area contributed by atoms with Crippen LogP contribution in [0.15, 0.2) is 29.3 Å². The van der Waals surface area contributed by atoms with Crippen molar-refractivity contribution in [2.75, 3.05) is 40.4 Å². The molecule has 1 aliphatic rings. The number of imidazole rings is 1. The van der Waals surface area contributed by atoms with Gasteiger partial charge < -0.3 is 19.5 Å².